The Hall–Kier alpha value is -2.15. The molecule has 2 aromatic rings. The third kappa shape index (κ3) is 3.69. The van der Waals surface area contributed by atoms with Gasteiger partial charge in [0.2, 0.25) is 0 Å². The third-order valence-corrected chi connectivity index (χ3v) is 4.15. The minimum Gasteiger partial charge on any atom is -0.508 e. The number of nitro benzene ring substituents is 1. The smallest absolute Gasteiger partial charge is 0.296 e. The highest BCUT2D eigenvalue weighted by Crippen LogP contribution is 2.29. The lowest BCUT2D eigenvalue weighted by Crippen LogP contribution is -2.11. The summed E-state index contributed by atoms with van der Waals surface area (Å²) in [5, 5.41) is 26.2. The van der Waals surface area contributed by atoms with E-state index in [2.05, 4.69) is 31.1 Å². The molecule has 6 nitrogen and oxygen atoms in total. The van der Waals surface area contributed by atoms with Gasteiger partial charge in [-0.05, 0) is 12.1 Å². The van der Waals surface area contributed by atoms with E-state index >= 15 is 0 Å². The Bertz CT molecular complexity index is 662. The zero-order valence-electron chi connectivity index (χ0n) is 12.1. The van der Waals surface area contributed by atoms with Crippen LogP contribution in [0.2, 0.25) is 0 Å². The summed E-state index contributed by atoms with van der Waals surface area (Å²) in [6.07, 6.45) is 0. The molecular formula is C14H17N3O3S. The quantitative estimate of drug-likeness (QED) is 0.511. The van der Waals surface area contributed by atoms with Gasteiger partial charge in [-0.25, -0.2) is 4.98 Å². The number of nitrogens with zero attached hydrogens (tertiary/aromatic N) is 2. The number of phenols is 1. The number of hydrogen-bond donors (Lipinski definition) is 2. The Labute approximate surface area is 126 Å². The van der Waals surface area contributed by atoms with Crippen molar-refractivity contribution >= 4 is 22.7 Å². The molecule has 0 aliphatic rings. The third-order valence-electron chi connectivity index (χ3n) is 2.83. The molecule has 0 bridgehead atoms. The molecule has 0 amide bonds. The Kier molecular flexibility index (Phi) is 4.13. The Morgan fingerprint density at radius 2 is 2.14 bits per heavy atom. The van der Waals surface area contributed by atoms with E-state index in [0.29, 0.717) is 12.2 Å². The van der Waals surface area contributed by atoms with E-state index in [1.165, 1.54) is 12.1 Å². The van der Waals surface area contributed by atoms with E-state index in [4.69, 9.17) is 0 Å². The molecule has 1 heterocycles. The standard InChI is InChI=1S/C14H17N3O3S/c1-14(2,3)13-16-9(8-21-13)7-15-11-5-4-10(18)6-12(11)17(19)20/h4-6,8,15,18H,7H2,1-3H3. The van der Waals surface area contributed by atoms with Gasteiger partial charge in [0.05, 0.1) is 28.2 Å². The summed E-state index contributed by atoms with van der Waals surface area (Å²) in [6, 6.07) is 4.03. The predicted octanol–water partition coefficient (Wildman–Crippen LogP) is 3.67. The summed E-state index contributed by atoms with van der Waals surface area (Å²) in [5.74, 6) is -0.129. The number of hydrogen-bond acceptors (Lipinski definition) is 6. The lowest BCUT2D eigenvalue weighted by molar-refractivity contribution is -0.384. The van der Waals surface area contributed by atoms with Gasteiger partial charge in [-0.2, -0.15) is 0 Å². The molecule has 0 saturated heterocycles. The van der Waals surface area contributed by atoms with Crippen molar-refractivity contribution in [3.63, 3.8) is 0 Å². The Morgan fingerprint density at radius 3 is 2.71 bits per heavy atom. The summed E-state index contributed by atoms with van der Waals surface area (Å²) in [6.45, 7) is 6.67. The highest BCUT2D eigenvalue weighted by molar-refractivity contribution is 7.09. The van der Waals surface area contributed by atoms with Crippen LogP contribution >= 0.6 is 11.3 Å². The number of thiazole rings is 1. The minimum atomic E-state index is -0.524. The Morgan fingerprint density at radius 1 is 1.43 bits per heavy atom. The molecule has 0 aliphatic carbocycles. The SMILES string of the molecule is CC(C)(C)c1nc(CNc2ccc(O)cc2[N+](=O)[O-])cs1. The largest absolute Gasteiger partial charge is 0.508 e. The van der Waals surface area contributed by atoms with Crippen molar-refractivity contribution in [2.75, 3.05) is 5.32 Å². The average Bonchev–Trinajstić information content (AvgIpc) is 2.85. The maximum atomic E-state index is 11.0. The molecule has 21 heavy (non-hydrogen) atoms. The lowest BCUT2D eigenvalue weighted by Gasteiger charge is -2.13. The summed E-state index contributed by atoms with van der Waals surface area (Å²) in [7, 11) is 0. The summed E-state index contributed by atoms with van der Waals surface area (Å²) >= 11 is 1.58. The Balaban J connectivity index is 2.13. The van der Waals surface area contributed by atoms with Crippen LogP contribution in [-0.4, -0.2) is 15.0 Å². The topological polar surface area (TPSA) is 88.3 Å². The van der Waals surface area contributed by atoms with Gasteiger partial charge in [-0.3, -0.25) is 10.1 Å². The number of phenolic OH excluding ortho intramolecular Hbond substituents is 1. The van der Waals surface area contributed by atoms with Crippen LogP contribution < -0.4 is 5.32 Å². The van der Waals surface area contributed by atoms with Gasteiger partial charge in [0.15, 0.2) is 0 Å². The molecule has 2 N–H and O–H groups in total. The molecule has 0 radical (unpaired) electrons. The van der Waals surface area contributed by atoms with Crippen LogP contribution in [0.25, 0.3) is 0 Å². The highest BCUT2D eigenvalue weighted by atomic mass is 32.1. The maximum absolute atomic E-state index is 11.0. The van der Waals surface area contributed by atoms with Crippen molar-refractivity contribution in [3.8, 4) is 5.75 Å². The second kappa shape index (κ2) is 5.69. The van der Waals surface area contributed by atoms with Crippen molar-refractivity contribution < 1.29 is 10.0 Å². The first kappa shape index (κ1) is 15.2. The molecule has 1 aromatic carbocycles. The van der Waals surface area contributed by atoms with Crippen LogP contribution in [0.1, 0.15) is 31.5 Å². The summed E-state index contributed by atoms with van der Waals surface area (Å²) in [5.41, 5.74) is 1.05. The van der Waals surface area contributed by atoms with Gasteiger partial charge in [0, 0.05) is 10.8 Å². The number of anilines is 1. The first-order valence-corrected chi connectivity index (χ1v) is 7.31. The molecule has 0 atom stereocenters. The van der Waals surface area contributed by atoms with Crippen LogP contribution in [0, 0.1) is 10.1 Å². The number of aromatic hydroxyl groups is 1. The number of rotatable bonds is 4. The number of nitrogens with one attached hydrogen (secondary N) is 1. The molecule has 1 aromatic heterocycles. The number of nitro groups is 1. The molecule has 112 valence electrons. The van der Waals surface area contributed by atoms with Crippen LogP contribution in [-0.2, 0) is 12.0 Å². The molecule has 0 aliphatic heterocycles. The van der Waals surface area contributed by atoms with Crippen LogP contribution in [0.3, 0.4) is 0 Å². The molecule has 2 rings (SSSR count). The molecule has 0 saturated carbocycles. The van der Waals surface area contributed by atoms with Crippen LogP contribution in [0.5, 0.6) is 5.75 Å². The molecule has 0 spiro atoms. The van der Waals surface area contributed by atoms with Crippen LogP contribution in [0.15, 0.2) is 23.6 Å². The second-order valence-corrected chi connectivity index (χ2v) is 6.56. The first-order chi connectivity index (χ1) is 9.77. The van der Waals surface area contributed by atoms with E-state index < -0.39 is 4.92 Å². The van der Waals surface area contributed by atoms with Gasteiger partial charge >= 0.3 is 0 Å². The van der Waals surface area contributed by atoms with Crippen LogP contribution in [0.4, 0.5) is 11.4 Å². The fourth-order valence-corrected chi connectivity index (χ4v) is 2.65. The van der Waals surface area contributed by atoms with Crippen molar-refractivity contribution in [3.05, 3.63) is 44.4 Å². The van der Waals surface area contributed by atoms with E-state index in [9.17, 15) is 15.2 Å². The summed E-state index contributed by atoms with van der Waals surface area (Å²) in [4.78, 5) is 15.0. The second-order valence-electron chi connectivity index (χ2n) is 5.71. The normalized spacial score (nSPS) is 11.4. The first-order valence-electron chi connectivity index (χ1n) is 6.43. The van der Waals surface area contributed by atoms with Gasteiger partial charge in [0.1, 0.15) is 11.4 Å². The maximum Gasteiger partial charge on any atom is 0.296 e. The molecular weight excluding hydrogens is 290 g/mol. The van der Waals surface area contributed by atoms with Crippen molar-refractivity contribution in [1.82, 2.24) is 4.98 Å². The summed E-state index contributed by atoms with van der Waals surface area (Å²) < 4.78 is 0. The van der Waals surface area contributed by atoms with Crippen molar-refractivity contribution in [1.29, 1.82) is 0 Å². The number of benzene rings is 1. The van der Waals surface area contributed by atoms with E-state index in [1.54, 1.807) is 11.3 Å². The molecule has 0 fully saturated rings. The van der Waals surface area contributed by atoms with Crippen molar-refractivity contribution in [2.24, 2.45) is 0 Å². The molecule has 0 unspecified atom stereocenters. The zero-order valence-corrected chi connectivity index (χ0v) is 12.9. The predicted molar refractivity (Wildman–Crippen MR) is 82.9 cm³/mol. The fourth-order valence-electron chi connectivity index (χ4n) is 1.74. The minimum absolute atomic E-state index is 0.00650. The van der Waals surface area contributed by atoms with E-state index in [-0.39, 0.29) is 16.9 Å². The fraction of sp³-hybridized carbons (Fsp3) is 0.357. The van der Waals surface area contributed by atoms with E-state index in [1.807, 2.05) is 5.38 Å². The van der Waals surface area contributed by atoms with Gasteiger partial charge < -0.3 is 10.4 Å². The molecule has 7 heteroatoms. The highest BCUT2D eigenvalue weighted by Gasteiger charge is 2.19. The monoisotopic (exact) mass is 307 g/mol. The van der Waals surface area contributed by atoms with Gasteiger partial charge in [-0.15, -0.1) is 11.3 Å². The van der Waals surface area contributed by atoms with Gasteiger partial charge in [0.25, 0.3) is 5.69 Å². The zero-order chi connectivity index (χ0) is 15.6. The average molecular weight is 307 g/mol. The lowest BCUT2D eigenvalue weighted by atomic mass is 9.98. The number of aromatic nitrogens is 1. The van der Waals surface area contributed by atoms with Crippen molar-refractivity contribution in [2.45, 2.75) is 32.7 Å². The van der Waals surface area contributed by atoms with Gasteiger partial charge in [-0.1, -0.05) is 20.8 Å². The van der Waals surface area contributed by atoms with E-state index in [0.717, 1.165) is 16.8 Å².